The Bertz CT molecular complexity index is 631. The number of oxazole rings is 1. The lowest BCUT2D eigenvalue weighted by atomic mass is 10.1. The molecule has 0 amide bonds. The van der Waals surface area contributed by atoms with Gasteiger partial charge in [0.15, 0.2) is 11.5 Å². The topological polar surface area (TPSA) is 38.5 Å². The second-order valence-electron chi connectivity index (χ2n) is 6.35. The third-order valence-electron chi connectivity index (χ3n) is 4.84. The molecular formula is C17H22N2O2. The summed E-state index contributed by atoms with van der Waals surface area (Å²) in [6.07, 6.45) is 3.49. The van der Waals surface area contributed by atoms with Crippen LogP contribution in [0.5, 0.6) is 0 Å². The van der Waals surface area contributed by atoms with E-state index in [1.165, 1.54) is 18.4 Å². The van der Waals surface area contributed by atoms with Crippen molar-refractivity contribution in [1.29, 1.82) is 0 Å². The van der Waals surface area contributed by atoms with Crippen LogP contribution in [0.2, 0.25) is 0 Å². The van der Waals surface area contributed by atoms with Crippen LogP contribution in [0, 0.1) is 6.92 Å². The molecule has 4 nitrogen and oxygen atoms in total. The fourth-order valence-corrected chi connectivity index (χ4v) is 3.60. The van der Waals surface area contributed by atoms with E-state index in [4.69, 9.17) is 14.1 Å². The number of hydrogen-bond donors (Lipinski definition) is 0. The van der Waals surface area contributed by atoms with Crippen LogP contribution in [0.4, 0.5) is 0 Å². The molecule has 0 radical (unpaired) electrons. The first kappa shape index (κ1) is 13.3. The van der Waals surface area contributed by atoms with E-state index in [1.54, 1.807) is 0 Å². The van der Waals surface area contributed by atoms with Crippen LogP contribution < -0.4 is 0 Å². The van der Waals surface area contributed by atoms with Gasteiger partial charge in [0, 0.05) is 31.7 Å². The molecule has 1 atom stereocenters. The molecule has 0 bridgehead atoms. The summed E-state index contributed by atoms with van der Waals surface area (Å²) < 4.78 is 11.4. The predicted octanol–water partition coefficient (Wildman–Crippen LogP) is 3.10. The number of likely N-dealkylation sites (tertiary alicyclic amines) is 1. The van der Waals surface area contributed by atoms with Crippen LogP contribution in [0.1, 0.15) is 36.6 Å². The average molecular weight is 286 g/mol. The van der Waals surface area contributed by atoms with Crippen molar-refractivity contribution < 1.29 is 9.15 Å². The zero-order chi connectivity index (χ0) is 14.2. The molecule has 2 aliphatic heterocycles. The minimum absolute atomic E-state index is 0.445. The summed E-state index contributed by atoms with van der Waals surface area (Å²) in [7, 11) is 0. The Morgan fingerprint density at radius 3 is 2.90 bits per heavy atom. The third kappa shape index (κ3) is 2.58. The molecule has 112 valence electrons. The number of aryl methyl sites for hydroxylation is 1. The van der Waals surface area contributed by atoms with Crippen molar-refractivity contribution in [2.75, 3.05) is 26.3 Å². The molecule has 0 saturated carbocycles. The van der Waals surface area contributed by atoms with Gasteiger partial charge in [-0.3, -0.25) is 4.90 Å². The second-order valence-corrected chi connectivity index (χ2v) is 6.35. The maximum absolute atomic E-state index is 5.98. The molecule has 0 unspecified atom stereocenters. The summed E-state index contributed by atoms with van der Waals surface area (Å²) in [5.41, 5.74) is 3.15. The van der Waals surface area contributed by atoms with Gasteiger partial charge in [-0.2, -0.15) is 0 Å². The maximum Gasteiger partial charge on any atom is 0.199 e. The van der Waals surface area contributed by atoms with Crippen LogP contribution in [0.3, 0.4) is 0 Å². The molecule has 0 N–H and O–H groups in total. The highest BCUT2D eigenvalue weighted by Crippen LogP contribution is 2.32. The molecule has 1 aromatic carbocycles. The number of hydrogen-bond acceptors (Lipinski definition) is 4. The van der Waals surface area contributed by atoms with E-state index >= 15 is 0 Å². The number of rotatable bonds is 2. The quantitative estimate of drug-likeness (QED) is 0.850. The van der Waals surface area contributed by atoms with Crippen molar-refractivity contribution in [3.63, 3.8) is 0 Å². The first-order chi connectivity index (χ1) is 10.3. The van der Waals surface area contributed by atoms with Crippen LogP contribution in [-0.4, -0.2) is 42.2 Å². The Kier molecular flexibility index (Phi) is 3.43. The highest BCUT2D eigenvalue weighted by Gasteiger charge is 2.32. The first-order valence-corrected chi connectivity index (χ1v) is 7.98. The van der Waals surface area contributed by atoms with Crippen molar-refractivity contribution >= 4 is 11.1 Å². The predicted molar refractivity (Wildman–Crippen MR) is 81.5 cm³/mol. The molecular weight excluding hydrogens is 264 g/mol. The fraction of sp³-hybridized carbons (Fsp3) is 0.588. The maximum atomic E-state index is 5.98. The number of nitrogens with zero attached hydrogens (tertiary/aromatic N) is 2. The van der Waals surface area contributed by atoms with E-state index in [2.05, 4.69) is 24.0 Å². The minimum atomic E-state index is 0.445. The molecule has 4 rings (SSSR count). The number of fused-ring (bicyclic) bond motifs is 1. The average Bonchev–Trinajstić information content (AvgIpc) is 3.14. The molecule has 2 aromatic rings. The normalized spacial score (nSPS) is 24.9. The van der Waals surface area contributed by atoms with Gasteiger partial charge in [-0.05, 0) is 50.4 Å². The Labute approximate surface area is 125 Å². The van der Waals surface area contributed by atoms with Gasteiger partial charge in [0.05, 0.1) is 0 Å². The SMILES string of the molecule is Cc1ccc2oc([C@H]3CCN(C4CCOCC4)C3)nc2c1. The number of ether oxygens (including phenoxy) is 1. The van der Waals surface area contributed by atoms with E-state index < -0.39 is 0 Å². The first-order valence-electron chi connectivity index (χ1n) is 7.98. The van der Waals surface area contributed by atoms with Gasteiger partial charge in [0.25, 0.3) is 0 Å². The van der Waals surface area contributed by atoms with Gasteiger partial charge in [0.2, 0.25) is 0 Å². The van der Waals surface area contributed by atoms with Gasteiger partial charge < -0.3 is 9.15 Å². The molecule has 21 heavy (non-hydrogen) atoms. The monoisotopic (exact) mass is 286 g/mol. The van der Waals surface area contributed by atoms with E-state index in [0.29, 0.717) is 12.0 Å². The summed E-state index contributed by atoms with van der Waals surface area (Å²) in [6.45, 7) is 6.15. The lowest BCUT2D eigenvalue weighted by molar-refractivity contribution is 0.0417. The summed E-state index contributed by atoms with van der Waals surface area (Å²) >= 11 is 0. The molecule has 1 aromatic heterocycles. The second kappa shape index (κ2) is 5.43. The van der Waals surface area contributed by atoms with E-state index in [9.17, 15) is 0 Å². The molecule has 0 aliphatic carbocycles. The van der Waals surface area contributed by atoms with Crippen molar-refractivity contribution in [3.8, 4) is 0 Å². The summed E-state index contributed by atoms with van der Waals surface area (Å²) in [5, 5.41) is 0. The third-order valence-corrected chi connectivity index (χ3v) is 4.84. The van der Waals surface area contributed by atoms with Crippen LogP contribution in [0.25, 0.3) is 11.1 Å². The molecule has 0 spiro atoms. The van der Waals surface area contributed by atoms with Crippen molar-refractivity contribution in [1.82, 2.24) is 9.88 Å². The standard InChI is InChI=1S/C17H22N2O2/c1-12-2-3-16-15(10-12)18-17(21-16)13-4-7-19(11-13)14-5-8-20-9-6-14/h2-3,10,13-14H,4-9,11H2,1H3/t13-/m0/s1. The Morgan fingerprint density at radius 2 is 2.05 bits per heavy atom. The lowest BCUT2D eigenvalue weighted by Crippen LogP contribution is -2.37. The van der Waals surface area contributed by atoms with Gasteiger partial charge in [-0.25, -0.2) is 4.98 Å². The Balaban J connectivity index is 1.50. The molecule has 3 heterocycles. The van der Waals surface area contributed by atoms with E-state index in [0.717, 1.165) is 49.7 Å². The smallest absolute Gasteiger partial charge is 0.199 e. The van der Waals surface area contributed by atoms with E-state index in [-0.39, 0.29) is 0 Å². The minimum Gasteiger partial charge on any atom is -0.440 e. The zero-order valence-corrected chi connectivity index (χ0v) is 12.5. The zero-order valence-electron chi connectivity index (χ0n) is 12.5. The fourth-order valence-electron chi connectivity index (χ4n) is 3.60. The molecule has 2 fully saturated rings. The van der Waals surface area contributed by atoms with Gasteiger partial charge >= 0.3 is 0 Å². The molecule has 4 heteroatoms. The lowest BCUT2D eigenvalue weighted by Gasteiger charge is -2.30. The molecule has 2 saturated heterocycles. The van der Waals surface area contributed by atoms with Gasteiger partial charge in [-0.15, -0.1) is 0 Å². The highest BCUT2D eigenvalue weighted by atomic mass is 16.5. The van der Waals surface area contributed by atoms with Crippen LogP contribution in [0.15, 0.2) is 22.6 Å². The van der Waals surface area contributed by atoms with Crippen molar-refractivity contribution in [3.05, 3.63) is 29.7 Å². The molecule has 2 aliphatic rings. The summed E-state index contributed by atoms with van der Waals surface area (Å²) in [6, 6.07) is 6.91. The summed E-state index contributed by atoms with van der Waals surface area (Å²) in [4.78, 5) is 7.32. The van der Waals surface area contributed by atoms with Crippen LogP contribution in [-0.2, 0) is 4.74 Å². The highest BCUT2D eigenvalue weighted by molar-refractivity contribution is 5.73. The Hall–Kier alpha value is -1.39. The van der Waals surface area contributed by atoms with Crippen molar-refractivity contribution in [2.24, 2.45) is 0 Å². The van der Waals surface area contributed by atoms with E-state index in [1.807, 2.05) is 6.07 Å². The number of aromatic nitrogens is 1. The van der Waals surface area contributed by atoms with Gasteiger partial charge in [0.1, 0.15) is 5.52 Å². The Morgan fingerprint density at radius 1 is 1.19 bits per heavy atom. The summed E-state index contributed by atoms with van der Waals surface area (Å²) in [5.74, 6) is 1.37. The number of benzene rings is 1. The largest absolute Gasteiger partial charge is 0.440 e. The van der Waals surface area contributed by atoms with Crippen molar-refractivity contribution in [2.45, 2.75) is 38.1 Å². The van der Waals surface area contributed by atoms with Crippen LogP contribution >= 0.6 is 0 Å². The van der Waals surface area contributed by atoms with Gasteiger partial charge in [-0.1, -0.05) is 6.07 Å².